The normalized spacial score (nSPS) is 26.5. The van der Waals surface area contributed by atoms with Crippen molar-refractivity contribution in [2.45, 2.75) is 24.9 Å². The molecule has 13 heavy (non-hydrogen) atoms. The summed E-state index contributed by atoms with van der Waals surface area (Å²) in [5, 5.41) is 9.17. The lowest BCUT2D eigenvalue weighted by Crippen LogP contribution is -2.50. The van der Waals surface area contributed by atoms with E-state index >= 15 is 0 Å². The fourth-order valence-electron chi connectivity index (χ4n) is 1.43. The lowest BCUT2D eigenvalue weighted by atomic mass is 9.87. The zero-order valence-corrected chi connectivity index (χ0v) is 7.16. The standard InChI is InChI=1S/C8H12N4O/c9-5-3-6(4-5)11-8(13)7-1-2-10-12-7/h1-2,5-6H,3-4,9H2,(H,10,12)(H,11,13). The number of aromatic nitrogens is 2. The van der Waals surface area contributed by atoms with Crippen LogP contribution in [0.5, 0.6) is 0 Å². The Morgan fingerprint density at radius 3 is 3.00 bits per heavy atom. The number of nitrogens with two attached hydrogens (primary N) is 1. The summed E-state index contributed by atoms with van der Waals surface area (Å²) in [5.74, 6) is -0.102. The van der Waals surface area contributed by atoms with Gasteiger partial charge in [0.2, 0.25) is 0 Å². The van der Waals surface area contributed by atoms with E-state index in [-0.39, 0.29) is 18.0 Å². The van der Waals surface area contributed by atoms with Crippen LogP contribution >= 0.6 is 0 Å². The van der Waals surface area contributed by atoms with E-state index in [9.17, 15) is 4.79 Å². The number of hydrogen-bond donors (Lipinski definition) is 3. The van der Waals surface area contributed by atoms with Crippen LogP contribution in [0.15, 0.2) is 12.3 Å². The van der Waals surface area contributed by atoms with Crippen LogP contribution in [-0.2, 0) is 0 Å². The molecule has 0 spiro atoms. The number of nitrogens with zero attached hydrogens (tertiary/aromatic N) is 1. The van der Waals surface area contributed by atoms with Crippen LogP contribution in [0.3, 0.4) is 0 Å². The Morgan fingerprint density at radius 1 is 1.69 bits per heavy atom. The molecule has 0 unspecified atom stereocenters. The molecule has 0 saturated heterocycles. The summed E-state index contributed by atoms with van der Waals surface area (Å²) >= 11 is 0. The first-order chi connectivity index (χ1) is 6.25. The van der Waals surface area contributed by atoms with Crippen LogP contribution < -0.4 is 11.1 Å². The van der Waals surface area contributed by atoms with E-state index in [1.165, 1.54) is 0 Å². The van der Waals surface area contributed by atoms with Crippen molar-refractivity contribution in [1.29, 1.82) is 0 Å². The predicted octanol–water partition coefficient (Wildman–Crippen LogP) is -0.371. The molecule has 1 saturated carbocycles. The average molecular weight is 180 g/mol. The van der Waals surface area contributed by atoms with Crippen molar-refractivity contribution in [3.8, 4) is 0 Å². The molecule has 5 heteroatoms. The van der Waals surface area contributed by atoms with Gasteiger partial charge in [0.25, 0.3) is 5.91 Å². The molecule has 1 aliphatic rings. The molecule has 1 amide bonds. The smallest absolute Gasteiger partial charge is 0.269 e. The van der Waals surface area contributed by atoms with E-state index < -0.39 is 0 Å². The highest BCUT2D eigenvalue weighted by atomic mass is 16.2. The van der Waals surface area contributed by atoms with E-state index in [0.717, 1.165) is 12.8 Å². The Labute approximate surface area is 75.7 Å². The Bertz CT molecular complexity index is 289. The zero-order valence-electron chi connectivity index (χ0n) is 7.16. The Hall–Kier alpha value is -1.36. The molecule has 2 rings (SSSR count). The molecule has 0 atom stereocenters. The van der Waals surface area contributed by atoms with Crippen molar-refractivity contribution in [3.63, 3.8) is 0 Å². The second kappa shape index (κ2) is 3.18. The van der Waals surface area contributed by atoms with Crippen molar-refractivity contribution >= 4 is 5.91 Å². The summed E-state index contributed by atoms with van der Waals surface area (Å²) in [6.45, 7) is 0. The molecule has 70 valence electrons. The molecular formula is C8H12N4O. The molecule has 1 aromatic heterocycles. The highest BCUT2D eigenvalue weighted by Crippen LogP contribution is 2.17. The van der Waals surface area contributed by atoms with E-state index in [1.54, 1.807) is 12.3 Å². The minimum absolute atomic E-state index is 0.102. The van der Waals surface area contributed by atoms with Crippen LogP contribution in [0.4, 0.5) is 0 Å². The van der Waals surface area contributed by atoms with Gasteiger partial charge in [-0.05, 0) is 18.9 Å². The third kappa shape index (κ3) is 1.70. The number of nitrogens with one attached hydrogen (secondary N) is 2. The molecule has 1 aromatic rings. The van der Waals surface area contributed by atoms with Gasteiger partial charge in [0, 0.05) is 18.3 Å². The van der Waals surface area contributed by atoms with Crippen LogP contribution in [0.25, 0.3) is 0 Å². The molecule has 1 heterocycles. The van der Waals surface area contributed by atoms with Gasteiger partial charge in [-0.2, -0.15) is 5.10 Å². The van der Waals surface area contributed by atoms with Crippen molar-refractivity contribution in [2.24, 2.45) is 5.73 Å². The number of carbonyl (C=O) groups is 1. The number of rotatable bonds is 2. The van der Waals surface area contributed by atoms with E-state index in [2.05, 4.69) is 15.5 Å². The molecule has 5 nitrogen and oxygen atoms in total. The van der Waals surface area contributed by atoms with E-state index in [4.69, 9.17) is 5.73 Å². The van der Waals surface area contributed by atoms with E-state index in [1.807, 2.05) is 0 Å². The lowest BCUT2D eigenvalue weighted by molar-refractivity contribution is 0.0905. The number of aromatic amines is 1. The quantitative estimate of drug-likeness (QED) is 0.580. The maximum absolute atomic E-state index is 11.4. The molecule has 0 bridgehead atoms. The van der Waals surface area contributed by atoms with Gasteiger partial charge in [-0.25, -0.2) is 0 Å². The third-order valence-electron chi connectivity index (χ3n) is 2.26. The fraction of sp³-hybridized carbons (Fsp3) is 0.500. The number of hydrogen-bond acceptors (Lipinski definition) is 3. The summed E-state index contributed by atoms with van der Waals surface area (Å²) in [7, 11) is 0. The molecule has 1 fully saturated rings. The number of carbonyl (C=O) groups excluding carboxylic acids is 1. The van der Waals surface area contributed by atoms with Crippen molar-refractivity contribution in [3.05, 3.63) is 18.0 Å². The van der Waals surface area contributed by atoms with Crippen LogP contribution in [-0.4, -0.2) is 28.2 Å². The number of H-pyrrole nitrogens is 1. The SMILES string of the molecule is NC1CC(NC(=O)c2ccn[nH]2)C1. The van der Waals surface area contributed by atoms with Gasteiger partial charge in [-0.15, -0.1) is 0 Å². The minimum Gasteiger partial charge on any atom is -0.348 e. The monoisotopic (exact) mass is 180 g/mol. The van der Waals surface area contributed by atoms with Gasteiger partial charge in [-0.3, -0.25) is 9.89 Å². The maximum Gasteiger partial charge on any atom is 0.269 e. The highest BCUT2D eigenvalue weighted by molar-refractivity contribution is 5.92. The van der Waals surface area contributed by atoms with Gasteiger partial charge in [-0.1, -0.05) is 0 Å². The van der Waals surface area contributed by atoms with Crippen molar-refractivity contribution < 1.29 is 4.79 Å². The van der Waals surface area contributed by atoms with Gasteiger partial charge >= 0.3 is 0 Å². The molecule has 4 N–H and O–H groups in total. The lowest BCUT2D eigenvalue weighted by Gasteiger charge is -2.32. The van der Waals surface area contributed by atoms with Gasteiger partial charge in [0.15, 0.2) is 0 Å². The van der Waals surface area contributed by atoms with Gasteiger partial charge < -0.3 is 11.1 Å². The zero-order chi connectivity index (χ0) is 9.26. The van der Waals surface area contributed by atoms with Crippen molar-refractivity contribution in [2.75, 3.05) is 0 Å². The van der Waals surface area contributed by atoms with Crippen LogP contribution in [0, 0.1) is 0 Å². The summed E-state index contributed by atoms with van der Waals surface area (Å²) in [5.41, 5.74) is 6.09. The predicted molar refractivity (Wildman–Crippen MR) is 47.1 cm³/mol. The fourth-order valence-corrected chi connectivity index (χ4v) is 1.43. The Morgan fingerprint density at radius 2 is 2.46 bits per heavy atom. The first kappa shape index (κ1) is 8.25. The van der Waals surface area contributed by atoms with Crippen molar-refractivity contribution in [1.82, 2.24) is 15.5 Å². The topological polar surface area (TPSA) is 83.8 Å². The number of amides is 1. The largest absolute Gasteiger partial charge is 0.348 e. The molecule has 0 aliphatic heterocycles. The second-order valence-corrected chi connectivity index (χ2v) is 3.37. The van der Waals surface area contributed by atoms with Crippen LogP contribution in [0.2, 0.25) is 0 Å². The van der Waals surface area contributed by atoms with Gasteiger partial charge in [0.1, 0.15) is 5.69 Å². The first-order valence-electron chi connectivity index (χ1n) is 4.31. The third-order valence-corrected chi connectivity index (χ3v) is 2.26. The Kier molecular flexibility index (Phi) is 2.02. The molecular weight excluding hydrogens is 168 g/mol. The summed E-state index contributed by atoms with van der Waals surface area (Å²) < 4.78 is 0. The molecule has 0 aromatic carbocycles. The summed E-state index contributed by atoms with van der Waals surface area (Å²) in [6, 6.07) is 2.14. The second-order valence-electron chi connectivity index (χ2n) is 3.37. The summed E-state index contributed by atoms with van der Waals surface area (Å²) in [6.07, 6.45) is 3.31. The average Bonchev–Trinajstić information content (AvgIpc) is 2.53. The highest BCUT2D eigenvalue weighted by Gasteiger charge is 2.27. The Balaban J connectivity index is 1.86. The van der Waals surface area contributed by atoms with Crippen LogP contribution in [0.1, 0.15) is 23.3 Å². The minimum atomic E-state index is -0.102. The maximum atomic E-state index is 11.4. The van der Waals surface area contributed by atoms with Gasteiger partial charge in [0.05, 0.1) is 0 Å². The molecule has 0 radical (unpaired) electrons. The first-order valence-corrected chi connectivity index (χ1v) is 4.31. The van der Waals surface area contributed by atoms with E-state index in [0.29, 0.717) is 5.69 Å². The summed E-state index contributed by atoms with van der Waals surface area (Å²) in [4.78, 5) is 11.4. The molecule has 1 aliphatic carbocycles.